The number of aryl methyl sites for hydroxylation is 1. The molecular weight excluding hydrogens is 401 g/mol. The first-order chi connectivity index (χ1) is 12.6. The second-order valence-electron chi connectivity index (χ2n) is 5.71. The van der Waals surface area contributed by atoms with Gasteiger partial charge in [-0.3, -0.25) is 4.40 Å². The zero-order chi connectivity index (χ0) is 18.1. The van der Waals surface area contributed by atoms with E-state index in [1.807, 2.05) is 22.7 Å². The van der Waals surface area contributed by atoms with Crippen LogP contribution in [0.25, 0.3) is 17.0 Å². The van der Waals surface area contributed by atoms with Crippen LogP contribution in [0.4, 0.5) is 10.2 Å². The van der Waals surface area contributed by atoms with Gasteiger partial charge in [0.05, 0.1) is 12.2 Å². The molecule has 6 nitrogen and oxygen atoms in total. The first-order valence-corrected chi connectivity index (χ1v) is 8.92. The van der Waals surface area contributed by atoms with E-state index < -0.39 is 0 Å². The SMILES string of the molecule is CCc1nc2ccc(Br)cn2c1NCc1nc(-c2ccc(F)cc2)no1. The Balaban J connectivity index is 1.57. The number of hydrogen-bond acceptors (Lipinski definition) is 5. The van der Waals surface area contributed by atoms with E-state index in [2.05, 4.69) is 43.3 Å². The highest BCUT2D eigenvalue weighted by atomic mass is 79.9. The van der Waals surface area contributed by atoms with Crippen LogP contribution in [-0.2, 0) is 13.0 Å². The Kier molecular flexibility index (Phi) is 4.42. The Morgan fingerprint density at radius 2 is 1.96 bits per heavy atom. The van der Waals surface area contributed by atoms with Crippen LogP contribution in [-0.4, -0.2) is 19.5 Å². The molecule has 0 spiro atoms. The quantitative estimate of drug-likeness (QED) is 0.520. The van der Waals surface area contributed by atoms with Crippen molar-refractivity contribution in [3.8, 4) is 11.4 Å². The summed E-state index contributed by atoms with van der Waals surface area (Å²) in [4.78, 5) is 8.98. The molecule has 0 amide bonds. The molecule has 26 heavy (non-hydrogen) atoms. The minimum atomic E-state index is -0.301. The van der Waals surface area contributed by atoms with Gasteiger partial charge >= 0.3 is 0 Å². The van der Waals surface area contributed by atoms with Gasteiger partial charge in [0.1, 0.15) is 17.3 Å². The highest BCUT2D eigenvalue weighted by molar-refractivity contribution is 9.10. The molecule has 132 valence electrons. The fraction of sp³-hybridized carbons (Fsp3) is 0.167. The summed E-state index contributed by atoms with van der Waals surface area (Å²) >= 11 is 3.48. The number of rotatable bonds is 5. The highest BCUT2D eigenvalue weighted by Gasteiger charge is 2.13. The molecule has 1 N–H and O–H groups in total. The first kappa shape index (κ1) is 16.7. The summed E-state index contributed by atoms with van der Waals surface area (Å²) in [6.45, 7) is 2.42. The summed E-state index contributed by atoms with van der Waals surface area (Å²) in [5, 5.41) is 7.28. The number of hydrogen-bond donors (Lipinski definition) is 1. The van der Waals surface area contributed by atoms with Crippen molar-refractivity contribution in [1.29, 1.82) is 0 Å². The van der Waals surface area contributed by atoms with E-state index in [0.717, 1.165) is 28.1 Å². The maximum Gasteiger partial charge on any atom is 0.246 e. The van der Waals surface area contributed by atoms with Gasteiger partial charge in [-0.2, -0.15) is 4.98 Å². The van der Waals surface area contributed by atoms with Crippen molar-refractivity contribution in [3.05, 3.63) is 64.5 Å². The maximum absolute atomic E-state index is 13.0. The smallest absolute Gasteiger partial charge is 0.246 e. The van der Waals surface area contributed by atoms with Crippen molar-refractivity contribution in [1.82, 2.24) is 19.5 Å². The maximum atomic E-state index is 13.0. The van der Waals surface area contributed by atoms with E-state index in [-0.39, 0.29) is 5.82 Å². The van der Waals surface area contributed by atoms with Gasteiger partial charge in [-0.05, 0) is 58.7 Å². The number of aromatic nitrogens is 4. The predicted molar refractivity (Wildman–Crippen MR) is 99.3 cm³/mol. The lowest BCUT2D eigenvalue weighted by Crippen LogP contribution is -2.04. The zero-order valence-electron chi connectivity index (χ0n) is 13.9. The monoisotopic (exact) mass is 415 g/mol. The standard InChI is InChI=1S/C18H15BrFN5O/c1-2-14-18(25-10-12(19)5-8-15(25)22-14)21-9-16-23-17(24-26-16)11-3-6-13(20)7-4-11/h3-8,10,21H,2,9H2,1H3. The van der Waals surface area contributed by atoms with Crippen LogP contribution >= 0.6 is 15.9 Å². The average molecular weight is 416 g/mol. The first-order valence-electron chi connectivity index (χ1n) is 8.13. The predicted octanol–water partition coefficient (Wildman–Crippen LogP) is 4.46. The van der Waals surface area contributed by atoms with Crippen molar-refractivity contribution < 1.29 is 8.91 Å². The third kappa shape index (κ3) is 3.20. The van der Waals surface area contributed by atoms with Crippen molar-refractivity contribution in [3.63, 3.8) is 0 Å². The van der Waals surface area contributed by atoms with Gasteiger partial charge in [0.15, 0.2) is 0 Å². The number of fused-ring (bicyclic) bond motifs is 1. The van der Waals surface area contributed by atoms with Crippen LogP contribution < -0.4 is 5.32 Å². The van der Waals surface area contributed by atoms with E-state index in [1.54, 1.807) is 12.1 Å². The van der Waals surface area contributed by atoms with Crippen LogP contribution in [0.3, 0.4) is 0 Å². The lowest BCUT2D eigenvalue weighted by molar-refractivity contribution is 0.384. The molecule has 4 aromatic rings. The van der Waals surface area contributed by atoms with Gasteiger partial charge < -0.3 is 9.84 Å². The fourth-order valence-electron chi connectivity index (χ4n) is 2.70. The van der Waals surface area contributed by atoms with E-state index in [9.17, 15) is 4.39 Å². The van der Waals surface area contributed by atoms with E-state index in [0.29, 0.717) is 23.8 Å². The van der Waals surface area contributed by atoms with Crippen molar-refractivity contribution >= 4 is 27.4 Å². The lowest BCUT2D eigenvalue weighted by Gasteiger charge is -2.05. The Hall–Kier alpha value is -2.74. The topological polar surface area (TPSA) is 68.2 Å². The second-order valence-corrected chi connectivity index (χ2v) is 6.62. The van der Waals surface area contributed by atoms with Gasteiger partial charge in [-0.1, -0.05) is 12.1 Å². The Morgan fingerprint density at radius 3 is 2.73 bits per heavy atom. The number of halogens is 2. The number of pyridine rings is 1. The normalized spacial score (nSPS) is 11.2. The molecule has 0 aliphatic heterocycles. The fourth-order valence-corrected chi connectivity index (χ4v) is 3.04. The molecule has 4 rings (SSSR count). The third-order valence-electron chi connectivity index (χ3n) is 3.97. The van der Waals surface area contributed by atoms with E-state index in [1.165, 1.54) is 12.1 Å². The number of nitrogens with zero attached hydrogens (tertiary/aromatic N) is 4. The van der Waals surface area contributed by atoms with Gasteiger partial charge in [-0.25, -0.2) is 9.37 Å². The second kappa shape index (κ2) is 6.87. The molecule has 0 saturated carbocycles. The molecule has 1 aromatic carbocycles. The number of benzene rings is 1. The van der Waals surface area contributed by atoms with Crippen LogP contribution in [0.5, 0.6) is 0 Å². The van der Waals surface area contributed by atoms with Gasteiger partial charge in [0.2, 0.25) is 11.7 Å². The summed E-state index contributed by atoms with van der Waals surface area (Å²) in [6.07, 6.45) is 2.76. The van der Waals surface area contributed by atoms with Crippen LogP contribution in [0, 0.1) is 5.82 Å². The molecule has 0 unspecified atom stereocenters. The van der Waals surface area contributed by atoms with Crippen LogP contribution in [0.2, 0.25) is 0 Å². The molecule has 0 aliphatic rings. The van der Waals surface area contributed by atoms with E-state index in [4.69, 9.17) is 4.52 Å². The molecule has 0 fully saturated rings. The Bertz CT molecular complexity index is 1060. The summed E-state index contributed by atoms with van der Waals surface area (Å²) in [6, 6.07) is 9.89. The molecule has 0 saturated heterocycles. The summed E-state index contributed by atoms with van der Waals surface area (Å²) < 4.78 is 21.3. The molecule has 0 atom stereocenters. The lowest BCUT2D eigenvalue weighted by atomic mass is 10.2. The molecule has 3 aromatic heterocycles. The van der Waals surface area contributed by atoms with Crippen molar-refractivity contribution in [2.75, 3.05) is 5.32 Å². The number of imidazole rings is 1. The largest absolute Gasteiger partial charge is 0.361 e. The number of nitrogens with one attached hydrogen (secondary N) is 1. The highest BCUT2D eigenvalue weighted by Crippen LogP contribution is 2.23. The van der Waals surface area contributed by atoms with Crippen molar-refractivity contribution in [2.24, 2.45) is 0 Å². The summed E-state index contributed by atoms with van der Waals surface area (Å²) in [7, 11) is 0. The van der Waals surface area contributed by atoms with Crippen molar-refractivity contribution in [2.45, 2.75) is 19.9 Å². The van der Waals surface area contributed by atoms with Gasteiger partial charge in [0, 0.05) is 16.2 Å². The average Bonchev–Trinajstić information content (AvgIpc) is 3.24. The minimum Gasteiger partial charge on any atom is -0.361 e. The molecule has 0 bridgehead atoms. The minimum absolute atomic E-state index is 0.301. The van der Waals surface area contributed by atoms with E-state index >= 15 is 0 Å². The van der Waals surface area contributed by atoms with Crippen LogP contribution in [0.15, 0.2) is 51.6 Å². The van der Waals surface area contributed by atoms with Gasteiger partial charge in [0.25, 0.3) is 0 Å². The van der Waals surface area contributed by atoms with Crippen LogP contribution in [0.1, 0.15) is 18.5 Å². The summed E-state index contributed by atoms with van der Waals surface area (Å²) in [5.41, 5.74) is 2.53. The summed E-state index contributed by atoms with van der Waals surface area (Å²) in [5.74, 6) is 1.46. The molecule has 8 heteroatoms. The Morgan fingerprint density at radius 1 is 1.15 bits per heavy atom. The zero-order valence-corrected chi connectivity index (χ0v) is 15.5. The third-order valence-corrected chi connectivity index (χ3v) is 4.44. The number of anilines is 1. The Labute approximate surface area is 157 Å². The molecular formula is C18H15BrFN5O. The molecule has 0 radical (unpaired) electrons. The van der Waals surface area contributed by atoms with Gasteiger partial charge in [-0.15, -0.1) is 0 Å². The molecule has 3 heterocycles. The molecule has 0 aliphatic carbocycles.